The van der Waals surface area contributed by atoms with Crippen molar-refractivity contribution in [2.24, 2.45) is 0 Å². The fourth-order valence-electron chi connectivity index (χ4n) is 1.56. The summed E-state index contributed by atoms with van der Waals surface area (Å²) >= 11 is 0. The minimum atomic E-state index is -1.14. The Morgan fingerprint density at radius 1 is 1.17 bits per heavy atom. The highest BCUT2D eigenvalue weighted by molar-refractivity contribution is 5.92. The first-order valence-electron chi connectivity index (χ1n) is 7.16. The molecule has 1 atom stereocenters. The molecule has 0 aliphatic heterocycles. The van der Waals surface area contributed by atoms with E-state index in [0.717, 1.165) is 5.56 Å². The van der Waals surface area contributed by atoms with Crippen LogP contribution in [0.4, 0.5) is 0 Å². The Morgan fingerprint density at radius 2 is 1.83 bits per heavy atom. The average Bonchev–Trinajstić information content (AvgIpc) is 2.53. The molecule has 0 aliphatic carbocycles. The van der Waals surface area contributed by atoms with Crippen LogP contribution in [0.5, 0.6) is 0 Å². The standard InChI is InChI=1S/C17H20O6/c1-4-14(22-16(19)12(2)3)17(20)23-15(18)11-21-10-13-8-6-5-7-9-13/h5-9,14H,2,4,10-11H2,1,3H3. The van der Waals surface area contributed by atoms with Crippen LogP contribution in [0, 0.1) is 0 Å². The van der Waals surface area contributed by atoms with E-state index < -0.39 is 24.0 Å². The van der Waals surface area contributed by atoms with Gasteiger partial charge in [-0.05, 0) is 18.9 Å². The first kappa shape index (κ1) is 18.6. The van der Waals surface area contributed by atoms with Crippen LogP contribution in [0.1, 0.15) is 25.8 Å². The second-order valence-corrected chi connectivity index (χ2v) is 4.85. The molecule has 0 amide bonds. The average molecular weight is 320 g/mol. The van der Waals surface area contributed by atoms with E-state index >= 15 is 0 Å². The Hall–Kier alpha value is -2.47. The Morgan fingerprint density at radius 3 is 2.39 bits per heavy atom. The summed E-state index contributed by atoms with van der Waals surface area (Å²) in [4.78, 5) is 34.7. The summed E-state index contributed by atoms with van der Waals surface area (Å²) in [6, 6.07) is 9.26. The van der Waals surface area contributed by atoms with Gasteiger partial charge in [0.25, 0.3) is 0 Å². The molecule has 0 bridgehead atoms. The molecular weight excluding hydrogens is 300 g/mol. The molecule has 1 aromatic carbocycles. The quantitative estimate of drug-likeness (QED) is 0.415. The molecule has 1 aromatic rings. The van der Waals surface area contributed by atoms with Crippen LogP contribution in [0.2, 0.25) is 0 Å². The van der Waals surface area contributed by atoms with Crippen LogP contribution in [0.25, 0.3) is 0 Å². The molecule has 0 N–H and O–H groups in total. The molecule has 0 heterocycles. The third-order valence-electron chi connectivity index (χ3n) is 2.78. The number of hydrogen-bond acceptors (Lipinski definition) is 6. The van der Waals surface area contributed by atoms with Gasteiger partial charge in [-0.1, -0.05) is 43.8 Å². The maximum atomic E-state index is 11.8. The van der Waals surface area contributed by atoms with Crippen LogP contribution in [-0.2, 0) is 35.2 Å². The monoisotopic (exact) mass is 320 g/mol. The number of rotatable bonds is 8. The van der Waals surface area contributed by atoms with Crippen molar-refractivity contribution in [2.45, 2.75) is 33.0 Å². The van der Waals surface area contributed by atoms with Gasteiger partial charge >= 0.3 is 17.9 Å². The summed E-state index contributed by atoms with van der Waals surface area (Å²) in [6.07, 6.45) is -0.951. The molecule has 1 rings (SSSR count). The van der Waals surface area contributed by atoms with E-state index in [9.17, 15) is 14.4 Å². The highest BCUT2D eigenvalue weighted by Gasteiger charge is 2.25. The second kappa shape index (κ2) is 9.53. The summed E-state index contributed by atoms with van der Waals surface area (Å²) in [6.45, 7) is 6.37. The predicted molar refractivity (Wildman–Crippen MR) is 82.2 cm³/mol. The molecule has 6 nitrogen and oxygen atoms in total. The highest BCUT2D eigenvalue weighted by Crippen LogP contribution is 2.06. The topological polar surface area (TPSA) is 78.9 Å². The van der Waals surface area contributed by atoms with Crippen molar-refractivity contribution in [3.05, 3.63) is 48.0 Å². The maximum absolute atomic E-state index is 11.8. The van der Waals surface area contributed by atoms with Crippen LogP contribution < -0.4 is 0 Å². The second-order valence-electron chi connectivity index (χ2n) is 4.85. The third kappa shape index (κ3) is 6.88. The smallest absolute Gasteiger partial charge is 0.355 e. The first-order valence-corrected chi connectivity index (χ1v) is 7.16. The van der Waals surface area contributed by atoms with Crippen molar-refractivity contribution in [1.29, 1.82) is 0 Å². The number of benzene rings is 1. The van der Waals surface area contributed by atoms with Crippen LogP contribution >= 0.6 is 0 Å². The van der Waals surface area contributed by atoms with Gasteiger partial charge in [0.05, 0.1) is 6.61 Å². The summed E-state index contributed by atoms with van der Waals surface area (Å²) in [5.74, 6) is -2.47. The minimum absolute atomic E-state index is 0.161. The first-order chi connectivity index (χ1) is 10.9. The zero-order chi connectivity index (χ0) is 17.2. The summed E-state index contributed by atoms with van der Waals surface area (Å²) in [5, 5.41) is 0. The van der Waals surface area contributed by atoms with Crippen molar-refractivity contribution in [3.63, 3.8) is 0 Å². The summed E-state index contributed by atoms with van der Waals surface area (Å²) in [7, 11) is 0. The molecular formula is C17H20O6. The van der Waals surface area contributed by atoms with Crippen LogP contribution in [-0.4, -0.2) is 30.6 Å². The number of esters is 3. The van der Waals surface area contributed by atoms with Gasteiger partial charge in [-0.25, -0.2) is 14.4 Å². The van der Waals surface area contributed by atoms with E-state index in [1.54, 1.807) is 6.92 Å². The zero-order valence-electron chi connectivity index (χ0n) is 13.2. The van der Waals surface area contributed by atoms with Gasteiger partial charge in [0.2, 0.25) is 0 Å². The predicted octanol–water partition coefficient (Wildman–Crippen LogP) is 2.17. The molecule has 0 saturated carbocycles. The molecule has 0 radical (unpaired) electrons. The molecule has 0 spiro atoms. The van der Waals surface area contributed by atoms with Crippen molar-refractivity contribution in [1.82, 2.24) is 0 Å². The van der Waals surface area contributed by atoms with Crippen molar-refractivity contribution in [2.75, 3.05) is 6.61 Å². The zero-order valence-corrected chi connectivity index (χ0v) is 13.2. The van der Waals surface area contributed by atoms with Gasteiger partial charge in [-0.15, -0.1) is 0 Å². The molecule has 0 fully saturated rings. The van der Waals surface area contributed by atoms with E-state index in [1.807, 2.05) is 30.3 Å². The molecule has 23 heavy (non-hydrogen) atoms. The lowest BCUT2D eigenvalue weighted by atomic mass is 10.2. The van der Waals surface area contributed by atoms with E-state index in [0.29, 0.717) is 0 Å². The minimum Gasteiger partial charge on any atom is -0.447 e. The summed E-state index contributed by atoms with van der Waals surface area (Å²) in [5.41, 5.74) is 1.06. The normalized spacial score (nSPS) is 11.4. The molecule has 0 saturated heterocycles. The van der Waals surface area contributed by atoms with Crippen LogP contribution in [0.3, 0.4) is 0 Å². The SMILES string of the molecule is C=C(C)C(=O)OC(CC)C(=O)OC(=O)COCc1ccccc1. The fourth-order valence-corrected chi connectivity index (χ4v) is 1.56. The molecule has 0 aromatic heterocycles. The van der Waals surface area contributed by atoms with Crippen LogP contribution in [0.15, 0.2) is 42.5 Å². The maximum Gasteiger partial charge on any atom is 0.355 e. The van der Waals surface area contributed by atoms with Crippen molar-refractivity contribution >= 4 is 17.9 Å². The summed E-state index contributed by atoms with van der Waals surface area (Å²) < 4.78 is 14.7. The number of hydrogen-bond donors (Lipinski definition) is 0. The number of carbonyl (C=O) groups is 3. The third-order valence-corrected chi connectivity index (χ3v) is 2.78. The lowest BCUT2D eigenvalue weighted by Crippen LogP contribution is -2.31. The van der Waals surface area contributed by atoms with Crippen molar-refractivity contribution < 1.29 is 28.6 Å². The van der Waals surface area contributed by atoms with Gasteiger partial charge in [-0.2, -0.15) is 0 Å². The number of ether oxygens (including phenoxy) is 3. The highest BCUT2D eigenvalue weighted by atomic mass is 16.6. The Kier molecular flexibility index (Phi) is 7.70. The fraction of sp³-hybridized carbons (Fsp3) is 0.353. The van der Waals surface area contributed by atoms with Crippen molar-refractivity contribution in [3.8, 4) is 0 Å². The lowest BCUT2D eigenvalue weighted by molar-refractivity contribution is -0.174. The van der Waals surface area contributed by atoms with Gasteiger partial charge in [0.15, 0.2) is 6.10 Å². The molecule has 6 heteroatoms. The Balaban J connectivity index is 2.38. The molecule has 124 valence electrons. The Labute approximate surface area is 135 Å². The van der Waals surface area contributed by atoms with Gasteiger partial charge in [0, 0.05) is 5.57 Å². The van der Waals surface area contributed by atoms with E-state index in [-0.39, 0.29) is 25.2 Å². The van der Waals surface area contributed by atoms with Gasteiger partial charge < -0.3 is 14.2 Å². The van der Waals surface area contributed by atoms with E-state index in [4.69, 9.17) is 9.47 Å². The molecule has 0 aliphatic rings. The van der Waals surface area contributed by atoms with E-state index in [1.165, 1.54) is 6.92 Å². The molecule has 1 unspecified atom stereocenters. The van der Waals surface area contributed by atoms with Gasteiger partial charge in [-0.3, -0.25) is 0 Å². The largest absolute Gasteiger partial charge is 0.447 e. The van der Waals surface area contributed by atoms with Gasteiger partial charge in [0.1, 0.15) is 6.61 Å². The Bertz CT molecular complexity index is 564. The lowest BCUT2D eigenvalue weighted by Gasteiger charge is -2.14. The van der Waals surface area contributed by atoms with E-state index in [2.05, 4.69) is 11.3 Å². The number of carbonyl (C=O) groups excluding carboxylic acids is 3.